The van der Waals surface area contributed by atoms with Crippen LogP contribution in [0, 0.1) is 18.2 Å². The van der Waals surface area contributed by atoms with Crippen molar-refractivity contribution in [1.29, 1.82) is 0 Å². The Kier molecular flexibility index (Phi) is 5.68. The number of thioether (sulfide) groups is 1. The molecule has 0 bridgehead atoms. The Morgan fingerprint density at radius 3 is 2.62 bits per heavy atom. The number of hydrogen-bond acceptors (Lipinski definition) is 5. The summed E-state index contributed by atoms with van der Waals surface area (Å²) in [6, 6.07) is 14.3. The average molecular weight is 476 g/mol. The quantitative estimate of drug-likeness (QED) is 0.373. The second kappa shape index (κ2) is 8.55. The van der Waals surface area contributed by atoms with Gasteiger partial charge in [-0.1, -0.05) is 67.6 Å². The summed E-state index contributed by atoms with van der Waals surface area (Å²) in [7, 11) is 0. The van der Waals surface area contributed by atoms with Gasteiger partial charge in [0.05, 0.1) is 5.56 Å². The summed E-state index contributed by atoms with van der Waals surface area (Å²) in [5, 5.41) is 3.79. The van der Waals surface area contributed by atoms with Crippen molar-refractivity contribution in [3.05, 3.63) is 98.2 Å². The Bertz CT molecular complexity index is 1380. The molecule has 0 saturated carbocycles. The summed E-state index contributed by atoms with van der Waals surface area (Å²) in [4.78, 5) is 34.3. The second-order valence-corrected chi connectivity index (χ2v) is 10.8. The molecule has 5 rings (SSSR count). The lowest BCUT2D eigenvalue weighted by molar-refractivity contribution is -0.118. The number of rotatable bonds is 4. The second-order valence-electron chi connectivity index (χ2n) is 9.85. The first-order chi connectivity index (χ1) is 16.2. The first-order valence-corrected chi connectivity index (χ1v) is 12.3. The molecule has 0 radical (unpaired) electrons. The van der Waals surface area contributed by atoms with Crippen LogP contribution in [0.3, 0.4) is 0 Å². The predicted octanol–water partition coefficient (Wildman–Crippen LogP) is 5.71. The highest BCUT2D eigenvalue weighted by atomic mass is 32.2. The third-order valence-electron chi connectivity index (χ3n) is 6.38. The van der Waals surface area contributed by atoms with E-state index in [0.29, 0.717) is 40.7 Å². The van der Waals surface area contributed by atoms with E-state index in [1.807, 2.05) is 37.3 Å². The molecule has 34 heavy (non-hydrogen) atoms. The summed E-state index contributed by atoms with van der Waals surface area (Å²) in [5.74, 6) is 0.269. The zero-order valence-corrected chi connectivity index (χ0v) is 20.2. The number of ketones is 1. The summed E-state index contributed by atoms with van der Waals surface area (Å²) in [6.07, 6.45) is 1.15. The fraction of sp³-hybridized carbons (Fsp3) is 0.296. The highest BCUT2D eigenvalue weighted by molar-refractivity contribution is 7.98. The van der Waals surface area contributed by atoms with Crippen LogP contribution >= 0.6 is 11.8 Å². The topological polar surface area (TPSA) is 74.8 Å². The van der Waals surface area contributed by atoms with Gasteiger partial charge < -0.3 is 10.3 Å². The first-order valence-electron chi connectivity index (χ1n) is 11.3. The molecular formula is C27H26FN3O2S. The molecule has 1 atom stereocenters. The number of anilines is 1. The van der Waals surface area contributed by atoms with Crippen molar-refractivity contribution >= 4 is 23.4 Å². The van der Waals surface area contributed by atoms with Crippen LogP contribution in [0.25, 0.3) is 0 Å². The molecule has 0 amide bonds. The third kappa shape index (κ3) is 4.32. The smallest absolute Gasteiger partial charge is 0.257 e. The van der Waals surface area contributed by atoms with Gasteiger partial charge in [-0.2, -0.15) is 0 Å². The van der Waals surface area contributed by atoms with E-state index in [9.17, 15) is 14.0 Å². The van der Waals surface area contributed by atoms with Crippen molar-refractivity contribution < 1.29 is 9.18 Å². The highest BCUT2D eigenvalue weighted by Gasteiger charge is 2.42. The number of Topliss-reactive ketones (excluding diaryl/α,β-unsaturated/α-hetero) is 1. The minimum Gasteiger partial charge on any atom is -0.343 e. The fourth-order valence-electron chi connectivity index (χ4n) is 4.83. The van der Waals surface area contributed by atoms with Gasteiger partial charge in [0.15, 0.2) is 10.9 Å². The number of carbonyl (C=O) groups excluding carboxylic acids is 1. The van der Waals surface area contributed by atoms with E-state index in [4.69, 9.17) is 4.98 Å². The minimum absolute atomic E-state index is 0.0685. The van der Waals surface area contributed by atoms with Crippen molar-refractivity contribution in [2.24, 2.45) is 5.41 Å². The van der Waals surface area contributed by atoms with Crippen LogP contribution in [0.15, 0.2) is 69.8 Å². The maximum atomic E-state index is 13.5. The number of aromatic amines is 1. The van der Waals surface area contributed by atoms with E-state index < -0.39 is 5.92 Å². The predicted molar refractivity (Wildman–Crippen MR) is 133 cm³/mol. The van der Waals surface area contributed by atoms with Gasteiger partial charge >= 0.3 is 0 Å². The number of fused-ring (bicyclic) bond motifs is 1. The Balaban J connectivity index is 1.58. The number of nitrogens with one attached hydrogen (secondary N) is 2. The lowest BCUT2D eigenvalue weighted by Gasteiger charge is -2.38. The number of aryl methyl sites for hydroxylation is 1. The molecular weight excluding hydrogens is 449 g/mol. The Hall–Kier alpha value is -3.19. The van der Waals surface area contributed by atoms with Gasteiger partial charge in [0.25, 0.3) is 5.56 Å². The molecule has 0 unspecified atom stereocenters. The van der Waals surface area contributed by atoms with Gasteiger partial charge in [-0.3, -0.25) is 9.59 Å². The SMILES string of the molecule is Cc1ccc([C@H]2C3=C(CC(C)(C)CC3=O)Nc3nc(SCc4cccc(F)c4)[nH]c(=O)c32)cc1. The molecule has 2 aliphatic rings. The number of halogens is 1. The van der Waals surface area contributed by atoms with Crippen LogP contribution in [0.1, 0.15) is 54.9 Å². The standard InChI is InChI=1S/C27H26FN3O2S/c1-15-7-9-17(10-8-15)21-22-19(12-27(2,3)13-20(22)32)29-24-23(21)25(33)31-26(30-24)34-14-16-5-4-6-18(28)11-16/h4-11,21H,12-14H2,1-3H3,(H2,29,30,31,33)/t21-/m0/s1. The number of aromatic nitrogens is 2. The van der Waals surface area contributed by atoms with Crippen LogP contribution in [0.5, 0.6) is 0 Å². The number of carbonyl (C=O) groups is 1. The number of allylic oxidation sites excluding steroid dienone is 2. The molecule has 1 aromatic heterocycles. The number of nitrogens with zero attached hydrogens (tertiary/aromatic N) is 1. The zero-order chi connectivity index (χ0) is 24.0. The van der Waals surface area contributed by atoms with E-state index in [1.165, 1.54) is 23.9 Å². The molecule has 1 aliphatic heterocycles. The molecule has 2 aromatic carbocycles. The maximum Gasteiger partial charge on any atom is 0.257 e. The van der Waals surface area contributed by atoms with Crippen LogP contribution in [0.4, 0.5) is 10.2 Å². The number of benzene rings is 2. The monoisotopic (exact) mass is 475 g/mol. The van der Waals surface area contributed by atoms with E-state index in [-0.39, 0.29) is 22.6 Å². The average Bonchev–Trinajstić information content (AvgIpc) is 2.76. The van der Waals surface area contributed by atoms with Crippen molar-refractivity contribution in [3.63, 3.8) is 0 Å². The lowest BCUT2D eigenvalue weighted by Crippen LogP contribution is -2.37. The number of H-pyrrole nitrogens is 1. The molecule has 1 aliphatic carbocycles. The third-order valence-corrected chi connectivity index (χ3v) is 7.32. The molecule has 0 spiro atoms. The van der Waals surface area contributed by atoms with Gasteiger partial charge in [-0.25, -0.2) is 9.37 Å². The largest absolute Gasteiger partial charge is 0.343 e. The molecule has 0 fully saturated rings. The van der Waals surface area contributed by atoms with Crippen LogP contribution in [-0.2, 0) is 10.5 Å². The van der Waals surface area contributed by atoms with E-state index in [2.05, 4.69) is 24.1 Å². The molecule has 0 saturated heterocycles. The molecule has 174 valence electrons. The first kappa shape index (κ1) is 22.6. The Morgan fingerprint density at radius 1 is 1.12 bits per heavy atom. The van der Waals surface area contributed by atoms with E-state index in [1.54, 1.807) is 6.07 Å². The van der Waals surface area contributed by atoms with Gasteiger partial charge in [0.2, 0.25) is 0 Å². The highest BCUT2D eigenvalue weighted by Crippen LogP contribution is 2.47. The van der Waals surface area contributed by atoms with Gasteiger partial charge in [-0.15, -0.1) is 0 Å². The Labute approximate surface area is 201 Å². The number of hydrogen-bond donors (Lipinski definition) is 2. The molecule has 2 heterocycles. The van der Waals surface area contributed by atoms with Crippen LogP contribution in [0.2, 0.25) is 0 Å². The van der Waals surface area contributed by atoms with Crippen LogP contribution in [-0.4, -0.2) is 15.8 Å². The maximum absolute atomic E-state index is 13.5. The van der Waals surface area contributed by atoms with Crippen molar-refractivity contribution in [2.45, 2.75) is 50.4 Å². The van der Waals surface area contributed by atoms with Crippen LogP contribution < -0.4 is 10.9 Å². The summed E-state index contributed by atoms with van der Waals surface area (Å²) < 4.78 is 13.5. The fourth-order valence-corrected chi connectivity index (χ4v) is 5.64. The van der Waals surface area contributed by atoms with Gasteiger partial charge in [0.1, 0.15) is 11.6 Å². The lowest BCUT2D eigenvalue weighted by atomic mass is 9.69. The molecule has 7 heteroatoms. The van der Waals surface area contributed by atoms with Crippen molar-refractivity contribution in [2.75, 3.05) is 5.32 Å². The van der Waals surface area contributed by atoms with E-state index >= 15 is 0 Å². The van der Waals surface area contributed by atoms with Gasteiger partial charge in [-0.05, 0) is 42.0 Å². The summed E-state index contributed by atoms with van der Waals surface area (Å²) in [6.45, 7) is 6.17. The van der Waals surface area contributed by atoms with E-state index in [0.717, 1.165) is 22.4 Å². The normalized spacial score (nSPS) is 18.8. The Morgan fingerprint density at radius 2 is 1.88 bits per heavy atom. The molecule has 2 N–H and O–H groups in total. The molecule has 5 nitrogen and oxygen atoms in total. The van der Waals surface area contributed by atoms with Crippen molar-refractivity contribution in [3.8, 4) is 0 Å². The summed E-state index contributed by atoms with van der Waals surface area (Å²) >= 11 is 1.34. The summed E-state index contributed by atoms with van der Waals surface area (Å²) in [5.41, 5.74) is 4.36. The zero-order valence-electron chi connectivity index (χ0n) is 19.4. The molecule has 3 aromatic rings. The van der Waals surface area contributed by atoms with Gasteiger partial charge in [0, 0.05) is 29.4 Å². The van der Waals surface area contributed by atoms with Crippen molar-refractivity contribution in [1.82, 2.24) is 9.97 Å². The minimum atomic E-state index is -0.464.